The highest BCUT2D eigenvalue weighted by molar-refractivity contribution is 6.21. The van der Waals surface area contributed by atoms with Crippen LogP contribution in [0.15, 0.2) is 84.9 Å². The van der Waals surface area contributed by atoms with Crippen molar-refractivity contribution < 1.29 is 14.5 Å². The number of rotatable bonds is 8. The summed E-state index contributed by atoms with van der Waals surface area (Å²) in [7, 11) is 0. The number of imide groups is 1. The predicted octanol–water partition coefficient (Wildman–Crippen LogP) is 2.96. The molecule has 0 bridgehead atoms. The Balaban J connectivity index is 1.40. The van der Waals surface area contributed by atoms with Crippen LogP contribution in [0.5, 0.6) is 0 Å². The molecule has 0 saturated carbocycles. The number of hydrogen-bond donors (Lipinski definition) is 1. The maximum atomic E-state index is 12.6. The van der Waals surface area contributed by atoms with Crippen LogP contribution in [0.3, 0.4) is 0 Å². The first-order chi connectivity index (χ1) is 14.2. The average Bonchev–Trinajstić information content (AvgIpc) is 3.00. The lowest BCUT2D eigenvalue weighted by Gasteiger charge is -2.21. The van der Waals surface area contributed by atoms with Crippen LogP contribution < -0.4 is 4.90 Å². The number of amides is 2. The number of carbonyl (C=O) groups excluding carboxylic acids is 2. The topological polar surface area (TPSA) is 41.8 Å². The third kappa shape index (κ3) is 4.44. The lowest BCUT2D eigenvalue weighted by molar-refractivity contribution is -0.927. The van der Waals surface area contributed by atoms with Crippen molar-refractivity contribution in [2.45, 2.75) is 19.5 Å². The van der Waals surface area contributed by atoms with Gasteiger partial charge < -0.3 is 4.90 Å². The Hall–Kier alpha value is -3.24. The second-order valence-electron chi connectivity index (χ2n) is 7.49. The molecular weight excluding hydrogens is 360 g/mol. The Labute approximate surface area is 171 Å². The van der Waals surface area contributed by atoms with Gasteiger partial charge in [0.05, 0.1) is 17.7 Å². The van der Waals surface area contributed by atoms with Gasteiger partial charge >= 0.3 is 0 Å². The van der Waals surface area contributed by atoms with Gasteiger partial charge in [0.15, 0.2) is 0 Å². The molecule has 0 aromatic heterocycles. The molecular formula is C25H25N2O2+. The highest BCUT2D eigenvalue weighted by atomic mass is 16.2. The van der Waals surface area contributed by atoms with E-state index in [4.69, 9.17) is 0 Å². The van der Waals surface area contributed by atoms with Gasteiger partial charge in [0.2, 0.25) is 0 Å². The maximum Gasteiger partial charge on any atom is 0.261 e. The molecule has 0 spiro atoms. The number of quaternary nitrogens is 1. The minimum Gasteiger partial charge on any atom is -0.327 e. The molecule has 1 heterocycles. The van der Waals surface area contributed by atoms with E-state index >= 15 is 0 Å². The lowest BCUT2D eigenvalue weighted by Crippen LogP contribution is -3.09. The van der Waals surface area contributed by atoms with Crippen LogP contribution in [-0.4, -0.2) is 29.8 Å². The number of hydrogen-bond acceptors (Lipinski definition) is 2. The minimum atomic E-state index is -0.168. The molecule has 3 aromatic rings. The fraction of sp³-hybridized carbons (Fsp3) is 0.200. The van der Waals surface area contributed by atoms with E-state index in [2.05, 4.69) is 48.5 Å². The number of carbonyl (C=O) groups is 2. The van der Waals surface area contributed by atoms with Gasteiger partial charge in [-0.15, -0.1) is 0 Å². The molecule has 0 radical (unpaired) electrons. The van der Waals surface area contributed by atoms with E-state index in [0.717, 1.165) is 26.1 Å². The van der Waals surface area contributed by atoms with E-state index in [1.807, 2.05) is 12.1 Å². The highest BCUT2D eigenvalue weighted by Crippen LogP contribution is 2.22. The van der Waals surface area contributed by atoms with Crippen molar-refractivity contribution in [3.63, 3.8) is 0 Å². The van der Waals surface area contributed by atoms with Gasteiger partial charge in [0, 0.05) is 24.1 Å². The summed E-state index contributed by atoms with van der Waals surface area (Å²) >= 11 is 0. The summed E-state index contributed by atoms with van der Waals surface area (Å²) in [4.78, 5) is 27.9. The maximum absolute atomic E-state index is 12.6. The molecule has 0 saturated heterocycles. The molecule has 3 aromatic carbocycles. The average molecular weight is 385 g/mol. The monoisotopic (exact) mass is 385 g/mol. The molecule has 0 atom stereocenters. The molecule has 4 nitrogen and oxygen atoms in total. The Morgan fingerprint density at radius 1 is 0.621 bits per heavy atom. The van der Waals surface area contributed by atoms with Gasteiger partial charge in [-0.3, -0.25) is 14.5 Å². The first-order valence-corrected chi connectivity index (χ1v) is 10.1. The molecule has 0 aliphatic carbocycles. The first kappa shape index (κ1) is 19.1. The Kier molecular flexibility index (Phi) is 5.82. The van der Waals surface area contributed by atoms with Crippen LogP contribution >= 0.6 is 0 Å². The van der Waals surface area contributed by atoms with Crippen molar-refractivity contribution >= 4 is 11.8 Å². The Morgan fingerprint density at radius 3 is 1.55 bits per heavy atom. The molecule has 1 aliphatic heterocycles. The lowest BCUT2D eigenvalue weighted by atomic mass is 10.1. The number of nitrogens with zero attached hydrogens (tertiary/aromatic N) is 1. The van der Waals surface area contributed by atoms with Crippen LogP contribution in [0.4, 0.5) is 0 Å². The molecule has 29 heavy (non-hydrogen) atoms. The number of nitrogens with one attached hydrogen (secondary N) is 1. The molecule has 4 rings (SSSR count). The summed E-state index contributed by atoms with van der Waals surface area (Å²) in [5.74, 6) is -0.337. The quantitative estimate of drug-likeness (QED) is 0.606. The molecule has 0 unspecified atom stereocenters. The molecule has 0 fully saturated rings. The summed E-state index contributed by atoms with van der Waals surface area (Å²) in [6.07, 6.45) is 0.778. The van der Waals surface area contributed by atoms with Crippen molar-refractivity contribution in [3.8, 4) is 0 Å². The fourth-order valence-electron chi connectivity index (χ4n) is 3.94. The van der Waals surface area contributed by atoms with E-state index in [1.54, 1.807) is 24.3 Å². The third-order valence-electron chi connectivity index (χ3n) is 5.38. The summed E-state index contributed by atoms with van der Waals surface area (Å²) in [5, 5.41) is 0. The van der Waals surface area contributed by atoms with Gasteiger partial charge in [0.25, 0.3) is 11.8 Å². The summed E-state index contributed by atoms with van der Waals surface area (Å²) < 4.78 is 0. The van der Waals surface area contributed by atoms with Crippen LogP contribution in [0.25, 0.3) is 0 Å². The van der Waals surface area contributed by atoms with Crippen molar-refractivity contribution in [2.75, 3.05) is 13.1 Å². The van der Waals surface area contributed by atoms with E-state index in [-0.39, 0.29) is 11.8 Å². The van der Waals surface area contributed by atoms with Crippen LogP contribution in [0.1, 0.15) is 38.3 Å². The SMILES string of the molecule is O=C1c2ccccc2C(=O)N1CCC[NH+](Cc1ccccc1)Cc1ccccc1. The van der Waals surface area contributed by atoms with E-state index in [0.29, 0.717) is 17.7 Å². The summed E-state index contributed by atoms with van der Waals surface area (Å²) in [6, 6.07) is 28.0. The standard InChI is InChI=1S/C25H24N2O2/c28-24-22-14-7-8-15-23(22)25(29)27(24)17-9-16-26(18-20-10-3-1-4-11-20)19-21-12-5-2-6-13-21/h1-8,10-15H,9,16-19H2/p+1. The van der Waals surface area contributed by atoms with Gasteiger partial charge in [-0.1, -0.05) is 72.8 Å². The molecule has 146 valence electrons. The second-order valence-corrected chi connectivity index (χ2v) is 7.49. The zero-order chi connectivity index (χ0) is 20.1. The zero-order valence-corrected chi connectivity index (χ0v) is 16.4. The van der Waals surface area contributed by atoms with E-state index < -0.39 is 0 Å². The summed E-state index contributed by atoms with van der Waals surface area (Å²) in [5.41, 5.74) is 3.63. The number of benzene rings is 3. The van der Waals surface area contributed by atoms with Crippen molar-refractivity contribution in [1.82, 2.24) is 4.90 Å². The van der Waals surface area contributed by atoms with Gasteiger partial charge in [0.1, 0.15) is 13.1 Å². The molecule has 1 N–H and O–H groups in total. The molecule has 2 amide bonds. The first-order valence-electron chi connectivity index (χ1n) is 10.1. The van der Waals surface area contributed by atoms with Crippen LogP contribution in [-0.2, 0) is 13.1 Å². The van der Waals surface area contributed by atoms with Crippen molar-refractivity contribution in [3.05, 3.63) is 107 Å². The van der Waals surface area contributed by atoms with Gasteiger partial charge in [-0.05, 0) is 12.1 Å². The van der Waals surface area contributed by atoms with Gasteiger partial charge in [-0.25, -0.2) is 0 Å². The predicted molar refractivity (Wildman–Crippen MR) is 113 cm³/mol. The van der Waals surface area contributed by atoms with Crippen LogP contribution in [0, 0.1) is 0 Å². The largest absolute Gasteiger partial charge is 0.327 e. The second kappa shape index (κ2) is 8.84. The normalized spacial score (nSPS) is 13.2. The minimum absolute atomic E-state index is 0.168. The Morgan fingerprint density at radius 2 is 1.07 bits per heavy atom. The van der Waals surface area contributed by atoms with Crippen molar-refractivity contribution in [2.24, 2.45) is 0 Å². The van der Waals surface area contributed by atoms with Gasteiger partial charge in [-0.2, -0.15) is 0 Å². The van der Waals surface area contributed by atoms with E-state index in [9.17, 15) is 9.59 Å². The Bertz CT molecular complexity index is 909. The number of fused-ring (bicyclic) bond motifs is 1. The zero-order valence-electron chi connectivity index (χ0n) is 16.4. The molecule has 1 aliphatic rings. The highest BCUT2D eigenvalue weighted by Gasteiger charge is 2.34. The smallest absolute Gasteiger partial charge is 0.261 e. The third-order valence-corrected chi connectivity index (χ3v) is 5.38. The molecule has 4 heteroatoms. The van der Waals surface area contributed by atoms with E-state index in [1.165, 1.54) is 20.9 Å². The van der Waals surface area contributed by atoms with Crippen LogP contribution in [0.2, 0.25) is 0 Å². The fourth-order valence-corrected chi connectivity index (χ4v) is 3.94. The van der Waals surface area contributed by atoms with Crippen molar-refractivity contribution in [1.29, 1.82) is 0 Å². The summed E-state index contributed by atoms with van der Waals surface area (Å²) in [6.45, 7) is 3.17.